The number of rotatable bonds is 8. The highest BCUT2D eigenvalue weighted by Gasteiger charge is 2.40. The molecule has 2 heterocycles. The second-order valence-electron chi connectivity index (χ2n) is 11.3. The first-order valence-corrected chi connectivity index (χ1v) is 16.9. The number of ketones is 1. The summed E-state index contributed by atoms with van der Waals surface area (Å²) in [6.07, 6.45) is 1.48. The Morgan fingerprint density at radius 3 is 2.35 bits per heavy atom. The second-order valence-corrected chi connectivity index (χ2v) is 17.9. The maximum atomic E-state index is 13.3. The lowest BCUT2D eigenvalue weighted by Gasteiger charge is -2.36. The number of carbonyl (C=O) groups is 2. The van der Waals surface area contributed by atoms with E-state index in [4.69, 9.17) is 9.16 Å². The molecule has 0 radical (unpaired) electrons. The molecule has 0 saturated carbocycles. The number of amides is 1. The largest absolute Gasteiger partial charge is 0.544 e. The zero-order chi connectivity index (χ0) is 27.2. The molecular weight excluding hydrogens is 508 g/mol. The van der Waals surface area contributed by atoms with E-state index in [0.717, 1.165) is 24.2 Å². The number of ether oxygens (including phenoxy) is 1. The Hall–Kier alpha value is -2.53. The van der Waals surface area contributed by atoms with E-state index in [2.05, 4.69) is 33.9 Å². The summed E-state index contributed by atoms with van der Waals surface area (Å²) in [6.45, 7) is 11.8. The van der Waals surface area contributed by atoms with Crippen molar-refractivity contribution >= 4 is 35.7 Å². The van der Waals surface area contributed by atoms with Crippen molar-refractivity contribution in [3.05, 3.63) is 53.6 Å². The summed E-state index contributed by atoms with van der Waals surface area (Å²) in [4.78, 5) is 27.1. The molecule has 2 aromatic carbocycles. The fraction of sp³-hybridized carbons (Fsp3) is 0.481. The highest BCUT2D eigenvalue weighted by molar-refractivity contribution is 7.89. The van der Waals surface area contributed by atoms with Gasteiger partial charge in [0.15, 0.2) is 0 Å². The number of Topliss-reactive ketones (excluding diaryl/α,β-unsaturated/α-hetero) is 1. The van der Waals surface area contributed by atoms with Crippen LogP contribution in [0, 0.1) is 0 Å². The Morgan fingerprint density at radius 1 is 1.05 bits per heavy atom. The summed E-state index contributed by atoms with van der Waals surface area (Å²) in [7, 11) is -4.25. The number of anilines is 1. The molecule has 1 saturated heterocycles. The number of nitrogens with zero attached hydrogens (tertiary/aromatic N) is 2. The van der Waals surface area contributed by atoms with Gasteiger partial charge in [0, 0.05) is 19.7 Å². The van der Waals surface area contributed by atoms with Crippen LogP contribution in [0.3, 0.4) is 0 Å². The van der Waals surface area contributed by atoms with Crippen LogP contribution < -0.4 is 9.33 Å². The predicted octanol–water partition coefficient (Wildman–Crippen LogP) is 4.60. The van der Waals surface area contributed by atoms with Crippen LogP contribution >= 0.6 is 0 Å². The van der Waals surface area contributed by atoms with Gasteiger partial charge in [-0.2, -0.15) is 4.31 Å². The van der Waals surface area contributed by atoms with Gasteiger partial charge in [0.1, 0.15) is 5.75 Å². The topological polar surface area (TPSA) is 93.2 Å². The quantitative estimate of drug-likeness (QED) is 0.356. The van der Waals surface area contributed by atoms with Crippen LogP contribution in [-0.4, -0.2) is 59.0 Å². The third-order valence-electron chi connectivity index (χ3n) is 7.67. The first-order valence-electron chi connectivity index (χ1n) is 12.6. The summed E-state index contributed by atoms with van der Waals surface area (Å²) in [5.74, 6) is -0.576. The van der Waals surface area contributed by atoms with Gasteiger partial charge in [0.2, 0.25) is 18.3 Å². The predicted molar refractivity (Wildman–Crippen MR) is 145 cm³/mol. The molecule has 2 aromatic rings. The van der Waals surface area contributed by atoms with E-state index in [-0.39, 0.29) is 28.1 Å². The minimum absolute atomic E-state index is 0.0179. The molecule has 0 N–H and O–H groups in total. The number of benzene rings is 2. The van der Waals surface area contributed by atoms with Crippen molar-refractivity contribution in [2.45, 2.75) is 69.2 Å². The molecule has 0 aliphatic carbocycles. The molecule has 1 fully saturated rings. The van der Waals surface area contributed by atoms with E-state index in [9.17, 15) is 18.0 Å². The molecule has 37 heavy (non-hydrogen) atoms. The average Bonchev–Trinajstić information content (AvgIpc) is 3.39. The van der Waals surface area contributed by atoms with Crippen molar-refractivity contribution in [3.63, 3.8) is 0 Å². The highest BCUT2D eigenvalue weighted by Crippen LogP contribution is 2.38. The van der Waals surface area contributed by atoms with Gasteiger partial charge in [0.25, 0.3) is 11.7 Å². The van der Waals surface area contributed by atoms with Gasteiger partial charge in [-0.3, -0.25) is 9.59 Å². The van der Waals surface area contributed by atoms with E-state index < -0.39 is 30.0 Å². The molecule has 1 unspecified atom stereocenters. The molecular formula is C27H36N2O6SSi. The average molecular weight is 545 g/mol. The molecule has 0 spiro atoms. The van der Waals surface area contributed by atoms with Crippen LogP contribution in [0.2, 0.25) is 18.1 Å². The number of sulfonamides is 1. The monoisotopic (exact) mass is 544 g/mol. The zero-order valence-corrected chi connectivity index (χ0v) is 24.2. The fourth-order valence-corrected chi connectivity index (χ4v) is 7.25. The van der Waals surface area contributed by atoms with Gasteiger partial charge in [-0.05, 0) is 66.9 Å². The van der Waals surface area contributed by atoms with Gasteiger partial charge in [0.05, 0.1) is 29.3 Å². The highest BCUT2D eigenvalue weighted by atomic mass is 32.2. The smallest absolute Gasteiger partial charge is 0.299 e. The van der Waals surface area contributed by atoms with E-state index in [1.807, 2.05) is 24.3 Å². The lowest BCUT2D eigenvalue weighted by atomic mass is 10.1. The molecule has 1 atom stereocenters. The van der Waals surface area contributed by atoms with E-state index >= 15 is 0 Å². The minimum Gasteiger partial charge on any atom is -0.544 e. The van der Waals surface area contributed by atoms with E-state index in [0.29, 0.717) is 18.8 Å². The Balaban J connectivity index is 1.55. The van der Waals surface area contributed by atoms with Gasteiger partial charge in [-0.25, -0.2) is 8.42 Å². The van der Waals surface area contributed by atoms with Crippen LogP contribution in [0.25, 0.3) is 0 Å². The fourth-order valence-electron chi connectivity index (χ4n) is 4.51. The maximum absolute atomic E-state index is 13.3. The van der Waals surface area contributed by atoms with Crippen LogP contribution in [-0.2, 0) is 26.1 Å². The van der Waals surface area contributed by atoms with Crippen molar-refractivity contribution < 1.29 is 27.2 Å². The van der Waals surface area contributed by atoms with Crippen LogP contribution in [0.1, 0.15) is 49.5 Å². The van der Waals surface area contributed by atoms with Crippen LogP contribution in [0.4, 0.5) is 5.69 Å². The summed E-state index contributed by atoms with van der Waals surface area (Å²) in [5.41, 5.74) is 1.38. The number of fused-ring (bicyclic) bond motifs is 1. The lowest BCUT2D eigenvalue weighted by Crippen LogP contribution is -2.43. The first kappa shape index (κ1) is 27.5. The number of hydrogen-bond donors (Lipinski definition) is 0. The zero-order valence-electron chi connectivity index (χ0n) is 22.4. The summed E-state index contributed by atoms with van der Waals surface area (Å²) in [5, 5.41) is 0.0729. The first-order chi connectivity index (χ1) is 17.3. The van der Waals surface area contributed by atoms with Crippen LogP contribution in [0.15, 0.2) is 47.4 Å². The summed E-state index contributed by atoms with van der Waals surface area (Å²) < 4.78 is 39.6. The molecule has 0 aromatic heterocycles. The van der Waals surface area contributed by atoms with Crippen molar-refractivity contribution in [2.24, 2.45) is 0 Å². The normalized spacial score (nSPS) is 19.0. The molecule has 2 aliphatic rings. The van der Waals surface area contributed by atoms with Gasteiger partial charge >= 0.3 is 0 Å². The third kappa shape index (κ3) is 5.25. The molecule has 4 rings (SSSR count). The van der Waals surface area contributed by atoms with Crippen LogP contribution in [0.5, 0.6) is 5.75 Å². The molecule has 10 heteroatoms. The Morgan fingerprint density at radius 2 is 1.73 bits per heavy atom. The summed E-state index contributed by atoms with van der Waals surface area (Å²) >= 11 is 0. The third-order valence-corrected chi connectivity index (χ3v) is 14.0. The summed E-state index contributed by atoms with van der Waals surface area (Å²) in [6, 6.07) is 11.7. The van der Waals surface area contributed by atoms with Gasteiger partial charge in [-0.1, -0.05) is 32.9 Å². The van der Waals surface area contributed by atoms with E-state index in [1.165, 1.54) is 21.3 Å². The lowest BCUT2D eigenvalue weighted by molar-refractivity contribution is -0.114. The molecule has 0 bridgehead atoms. The second kappa shape index (κ2) is 9.98. The molecule has 8 nitrogen and oxygen atoms in total. The standard InChI is InChI=1S/C27H36N2O6SSi/c1-27(2,3)37(5,6)35-21-11-9-19(10-12-21)17-28-24-14-13-22(16-23(24)25(30)26(28)31)36(32,33)29-15-7-8-20(29)18-34-4/h9-14,16,20H,7-8,15,17-18H2,1-6H3. The van der Waals surface area contributed by atoms with Crippen molar-refractivity contribution in [2.75, 3.05) is 25.2 Å². The number of carbonyl (C=O) groups excluding carboxylic acids is 2. The molecule has 200 valence electrons. The number of methoxy groups -OCH3 is 1. The number of hydrogen-bond acceptors (Lipinski definition) is 6. The van der Waals surface area contributed by atoms with Crippen molar-refractivity contribution in [1.82, 2.24) is 4.31 Å². The Bertz CT molecular complexity index is 1300. The van der Waals surface area contributed by atoms with Gasteiger partial charge < -0.3 is 14.1 Å². The Labute approximate surface area is 220 Å². The maximum Gasteiger partial charge on any atom is 0.299 e. The van der Waals surface area contributed by atoms with Crippen molar-refractivity contribution in [1.29, 1.82) is 0 Å². The molecule has 2 aliphatic heterocycles. The van der Waals surface area contributed by atoms with E-state index in [1.54, 1.807) is 13.2 Å². The minimum atomic E-state index is -3.82. The van der Waals surface area contributed by atoms with Gasteiger partial charge in [-0.15, -0.1) is 0 Å². The van der Waals surface area contributed by atoms with Crippen molar-refractivity contribution in [3.8, 4) is 5.75 Å². The molecule has 1 amide bonds. The Kier molecular flexibility index (Phi) is 7.41. The SMILES string of the molecule is COCC1CCCN1S(=O)(=O)c1ccc2c(c1)C(=O)C(=O)N2Cc1ccc(O[Si](C)(C)C(C)(C)C)cc1.